The molecule has 0 aliphatic rings. The Labute approximate surface area is 118 Å². The maximum Gasteiger partial charge on any atom is 0.573 e. The van der Waals surface area contributed by atoms with Crippen molar-refractivity contribution in [1.29, 1.82) is 0 Å². The lowest BCUT2D eigenvalue weighted by atomic mass is 9.99. The van der Waals surface area contributed by atoms with Crippen LogP contribution in [0.1, 0.15) is 22.7 Å². The number of nitrogens with one attached hydrogen (secondary N) is 1. The van der Waals surface area contributed by atoms with Crippen molar-refractivity contribution in [3.63, 3.8) is 0 Å². The number of hydrazine groups is 1. The topological polar surface area (TPSA) is 47.3 Å². The van der Waals surface area contributed by atoms with Gasteiger partial charge >= 0.3 is 6.36 Å². The van der Waals surface area contributed by atoms with E-state index in [0.717, 1.165) is 11.1 Å². The van der Waals surface area contributed by atoms with E-state index in [9.17, 15) is 13.2 Å². The fraction of sp³-hybridized carbons (Fsp3) is 0.231. The average Bonchev–Trinajstić information content (AvgIpc) is 2.75. The highest BCUT2D eigenvalue weighted by Gasteiger charge is 2.31. The first-order chi connectivity index (χ1) is 9.40. The highest BCUT2D eigenvalue weighted by molar-refractivity contribution is 7.08. The second kappa shape index (κ2) is 5.82. The Morgan fingerprint density at radius 2 is 2.05 bits per heavy atom. The summed E-state index contributed by atoms with van der Waals surface area (Å²) in [5.74, 6) is 5.27. The molecule has 0 amide bonds. The normalized spacial score (nSPS) is 13.2. The molecular formula is C13H13F3N2OS. The Bertz CT molecular complexity index is 583. The van der Waals surface area contributed by atoms with Crippen molar-refractivity contribution < 1.29 is 17.9 Å². The summed E-state index contributed by atoms with van der Waals surface area (Å²) < 4.78 is 40.6. The van der Waals surface area contributed by atoms with Crippen molar-refractivity contribution in [3.05, 3.63) is 51.7 Å². The molecule has 0 saturated carbocycles. The zero-order valence-electron chi connectivity index (χ0n) is 10.6. The molecule has 7 heteroatoms. The molecule has 0 radical (unpaired) electrons. The van der Waals surface area contributed by atoms with E-state index in [0.29, 0.717) is 5.56 Å². The molecule has 0 aliphatic heterocycles. The minimum Gasteiger partial charge on any atom is -0.406 e. The Morgan fingerprint density at radius 3 is 2.60 bits per heavy atom. The highest BCUT2D eigenvalue weighted by Crippen LogP contribution is 2.30. The lowest BCUT2D eigenvalue weighted by molar-refractivity contribution is -0.274. The Hall–Kier alpha value is -1.57. The zero-order valence-corrected chi connectivity index (χ0v) is 11.4. The van der Waals surface area contributed by atoms with Gasteiger partial charge in [-0.05, 0) is 46.5 Å². The molecular weight excluding hydrogens is 289 g/mol. The lowest BCUT2D eigenvalue weighted by Crippen LogP contribution is -2.29. The maximum absolute atomic E-state index is 12.2. The van der Waals surface area contributed by atoms with E-state index in [1.807, 2.05) is 17.7 Å². The number of benzene rings is 1. The maximum atomic E-state index is 12.2. The molecule has 3 N–H and O–H groups in total. The zero-order chi connectivity index (χ0) is 14.8. The van der Waals surface area contributed by atoms with E-state index in [1.165, 1.54) is 29.5 Å². The van der Waals surface area contributed by atoms with E-state index in [1.54, 1.807) is 6.07 Å². The van der Waals surface area contributed by atoms with Gasteiger partial charge in [-0.3, -0.25) is 5.84 Å². The summed E-state index contributed by atoms with van der Waals surface area (Å²) in [4.78, 5) is 0. The van der Waals surface area contributed by atoms with Gasteiger partial charge in [0.2, 0.25) is 0 Å². The first-order valence-electron chi connectivity index (χ1n) is 5.75. The van der Waals surface area contributed by atoms with Crippen molar-refractivity contribution >= 4 is 11.3 Å². The smallest absolute Gasteiger partial charge is 0.406 e. The molecule has 0 saturated heterocycles. The van der Waals surface area contributed by atoms with Gasteiger partial charge in [0.15, 0.2) is 0 Å². The SMILES string of the molecule is Cc1cscc1C(NN)c1cccc(OC(F)(F)F)c1. The van der Waals surface area contributed by atoms with Crippen molar-refractivity contribution in [2.24, 2.45) is 5.84 Å². The summed E-state index contributed by atoms with van der Waals surface area (Å²) in [6.45, 7) is 1.92. The number of ether oxygens (including phenoxy) is 1. The molecule has 2 rings (SSSR count). The van der Waals surface area contributed by atoms with Crippen LogP contribution in [0.2, 0.25) is 0 Å². The fourth-order valence-corrected chi connectivity index (χ4v) is 2.80. The number of nitrogens with two attached hydrogens (primary N) is 1. The van der Waals surface area contributed by atoms with Crippen LogP contribution in [0.5, 0.6) is 5.75 Å². The van der Waals surface area contributed by atoms with Gasteiger partial charge in [0.05, 0.1) is 6.04 Å². The van der Waals surface area contributed by atoms with Gasteiger partial charge in [0, 0.05) is 0 Å². The van der Waals surface area contributed by atoms with Gasteiger partial charge < -0.3 is 4.74 Å². The second-order valence-corrected chi connectivity index (χ2v) is 4.97. The quantitative estimate of drug-likeness (QED) is 0.671. The van der Waals surface area contributed by atoms with Gasteiger partial charge in [-0.15, -0.1) is 13.2 Å². The van der Waals surface area contributed by atoms with Crippen LogP contribution < -0.4 is 16.0 Å². The molecule has 20 heavy (non-hydrogen) atoms. The number of hydrogen-bond donors (Lipinski definition) is 2. The van der Waals surface area contributed by atoms with Gasteiger partial charge in [-0.2, -0.15) is 11.3 Å². The highest BCUT2D eigenvalue weighted by atomic mass is 32.1. The monoisotopic (exact) mass is 302 g/mol. The number of hydrogen-bond acceptors (Lipinski definition) is 4. The van der Waals surface area contributed by atoms with Gasteiger partial charge in [0.1, 0.15) is 5.75 Å². The molecule has 1 aromatic carbocycles. The molecule has 1 aromatic heterocycles. The third-order valence-corrected chi connectivity index (χ3v) is 3.68. The van der Waals surface area contributed by atoms with Gasteiger partial charge in [-0.1, -0.05) is 12.1 Å². The molecule has 1 unspecified atom stereocenters. The predicted molar refractivity (Wildman–Crippen MR) is 71.3 cm³/mol. The Kier molecular flexibility index (Phi) is 4.32. The number of halogens is 3. The predicted octanol–water partition coefficient (Wildman–Crippen LogP) is 3.51. The minimum atomic E-state index is -4.71. The first kappa shape index (κ1) is 14.8. The summed E-state index contributed by atoms with van der Waals surface area (Å²) in [5.41, 5.74) is 5.19. The van der Waals surface area contributed by atoms with Crippen LogP contribution in [0, 0.1) is 6.92 Å². The molecule has 0 bridgehead atoms. The number of alkyl halides is 3. The third kappa shape index (κ3) is 3.50. The largest absolute Gasteiger partial charge is 0.573 e. The van der Waals surface area contributed by atoms with Crippen LogP contribution in [0.3, 0.4) is 0 Å². The number of thiophene rings is 1. The summed E-state index contributed by atoms with van der Waals surface area (Å²) in [6, 6.07) is 5.41. The van der Waals surface area contributed by atoms with Gasteiger partial charge in [0.25, 0.3) is 0 Å². The van der Waals surface area contributed by atoms with Crippen molar-refractivity contribution in [3.8, 4) is 5.75 Å². The van der Waals surface area contributed by atoms with Gasteiger partial charge in [-0.25, -0.2) is 5.43 Å². The van der Waals surface area contributed by atoms with Crippen LogP contribution in [-0.2, 0) is 0 Å². The second-order valence-electron chi connectivity index (χ2n) is 4.23. The summed E-state index contributed by atoms with van der Waals surface area (Å²) in [6.07, 6.45) is -4.71. The molecule has 2 aromatic rings. The molecule has 0 spiro atoms. The number of aryl methyl sites for hydroxylation is 1. The lowest BCUT2D eigenvalue weighted by Gasteiger charge is -2.18. The molecule has 1 atom stereocenters. The summed E-state index contributed by atoms with van der Waals surface area (Å²) in [7, 11) is 0. The number of rotatable bonds is 4. The molecule has 0 fully saturated rings. The van der Waals surface area contributed by atoms with Crippen molar-refractivity contribution in [2.45, 2.75) is 19.3 Å². The van der Waals surface area contributed by atoms with Crippen LogP contribution in [-0.4, -0.2) is 6.36 Å². The average molecular weight is 302 g/mol. The molecule has 1 heterocycles. The van der Waals surface area contributed by atoms with Crippen molar-refractivity contribution in [1.82, 2.24) is 5.43 Å². The standard InChI is InChI=1S/C13H13F3N2OS/c1-8-6-20-7-11(8)12(18-17)9-3-2-4-10(5-9)19-13(14,15)16/h2-7,12,18H,17H2,1H3. The minimum absolute atomic E-state index is 0.261. The van der Waals surface area contributed by atoms with E-state index < -0.39 is 6.36 Å². The summed E-state index contributed by atoms with van der Waals surface area (Å²) >= 11 is 1.51. The van der Waals surface area contributed by atoms with E-state index in [2.05, 4.69) is 10.2 Å². The fourth-order valence-electron chi connectivity index (χ4n) is 1.92. The molecule has 108 valence electrons. The third-order valence-electron chi connectivity index (χ3n) is 2.80. The van der Waals surface area contributed by atoms with Crippen LogP contribution in [0.4, 0.5) is 13.2 Å². The van der Waals surface area contributed by atoms with E-state index in [4.69, 9.17) is 5.84 Å². The Morgan fingerprint density at radius 1 is 1.30 bits per heavy atom. The van der Waals surface area contributed by atoms with E-state index >= 15 is 0 Å². The van der Waals surface area contributed by atoms with Crippen LogP contribution >= 0.6 is 11.3 Å². The van der Waals surface area contributed by atoms with E-state index in [-0.39, 0.29) is 11.8 Å². The van der Waals surface area contributed by atoms with Crippen molar-refractivity contribution in [2.75, 3.05) is 0 Å². The molecule has 3 nitrogen and oxygen atoms in total. The molecule has 0 aliphatic carbocycles. The first-order valence-corrected chi connectivity index (χ1v) is 6.69. The van der Waals surface area contributed by atoms with Crippen LogP contribution in [0.15, 0.2) is 35.0 Å². The summed E-state index contributed by atoms with van der Waals surface area (Å²) in [5, 5.41) is 3.87. The van der Waals surface area contributed by atoms with Crippen LogP contribution in [0.25, 0.3) is 0 Å². The Balaban J connectivity index is 2.32.